The van der Waals surface area contributed by atoms with Gasteiger partial charge in [-0.25, -0.2) is 8.42 Å². The molecule has 4 aromatic rings. The van der Waals surface area contributed by atoms with Crippen molar-refractivity contribution in [1.82, 2.24) is 10.2 Å². The van der Waals surface area contributed by atoms with Crippen molar-refractivity contribution >= 4 is 39.1 Å². The first-order chi connectivity index (χ1) is 21.1. The molecule has 230 valence electrons. The molecule has 0 spiro atoms. The predicted molar refractivity (Wildman–Crippen MR) is 176 cm³/mol. The van der Waals surface area contributed by atoms with Crippen LogP contribution in [0.15, 0.2) is 108 Å². The maximum atomic E-state index is 14.5. The number of anilines is 1. The van der Waals surface area contributed by atoms with E-state index in [9.17, 15) is 18.0 Å². The predicted octanol–water partition coefficient (Wildman–Crippen LogP) is 6.32. The number of nitrogens with one attached hydrogen (secondary N) is 1. The van der Waals surface area contributed by atoms with Crippen molar-refractivity contribution in [2.24, 2.45) is 0 Å². The Labute approximate surface area is 265 Å². The van der Waals surface area contributed by atoms with Crippen molar-refractivity contribution in [3.63, 3.8) is 0 Å². The van der Waals surface area contributed by atoms with Crippen LogP contribution in [0.5, 0.6) is 0 Å². The SMILES string of the molecule is CCCNC(=O)[C@@H](Cc1ccccc1)N(Cc1cccc(Cl)c1)C(=O)CN(c1cccc(C)c1C)S(=O)(=O)c1ccccc1. The summed E-state index contributed by atoms with van der Waals surface area (Å²) < 4.78 is 29.5. The number of rotatable bonds is 13. The Morgan fingerprint density at radius 2 is 1.48 bits per heavy atom. The molecule has 4 rings (SSSR count). The maximum absolute atomic E-state index is 14.5. The number of hydrogen-bond acceptors (Lipinski definition) is 4. The number of nitrogens with zero attached hydrogens (tertiary/aromatic N) is 2. The molecule has 0 bridgehead atoms. The lowest BCUT2D eigenvalue weighted by molar-refractivity contribution is -0.140. The van der Waals surface area contributed by atoms with E-state index >= 15 is 0 Å². The molecule has 9 heteroatoms. The fourth-order valence-electron chi connectivity index (χ4n) is 4.99. The number of amides is 2. The highest BCUT2D eigenvalue weighted by atomic mass is 35.5. The Bertz CT molecular complexity index is 1680. The summed E-state index contributed by atoms with van der Waals surface area (Å²) in [5.74, 6) is -0.826. The monoisotopic (exact) mass is 631 g/mol. The van der Waals surface area contributed by atoms with E-state index in [1.807, 2.05) is 63.2 Å². The molecule has 7 nitrogen and oxygen atoms in total. The number of sulfonamides is 1. The van der Waals surface area contributed by atoms with Crippen molar-refractivity contribution in [1.29, 1.82) is 0 Å². The molecule has 0 unspecified atom stereocenters. The molecule has 44 heavy (non-hydrogen) atoms. The van der Waals surface area contributed by atoms with Gasteiger partial charge in [0.15, 0.2) is 0 Å². The molecule has 1 atom stereocenters. The highest BCUT2D eigenvalue weighted by molar-refractivity contribution is 7.92. The number of carbonyl (C=O) groups excluding carboxylic acids is 2. The molecular weight excluding hydrogens is 594 g/mol. The Morgan fingerprint density at radius 1 is 0.841 bits per heavy atom. The molecule has 0 saturated carbocycles. The van der Waals surface area contributed by atoms with Crippen LogP contribution in [-0.2, 0) is 32.6 Å². The van der Waals surface area contributed by atoms with Crippen LogP contribution in [0.2, 0.25) is 5.02 Å². The lowest BCUT2D eigenvalue weighted by Crippen LogP contribution is -2.53. The molecule has 0 aliphatic rings. The Kier molecular flexibility index (Phi) is 11.2. The largest absolute Gasteiger partial charge is 0.354 e. The van der Waals surface area contributed by atoms with Crippen LogP contribution in [0.3, 0.4) is 0 Å². The van der Waals surface area contributed by atoms with Crippen LogP contribution in [0.1, 0.15) is 35.6 Å². The number of aryl methyl sites for hydroxylation is 1. The average molecular weight is 632 g/mol. The molecule has 0 aliphatic heterocycles. The lowest BCUT2D eigenvalue weighted by atomic mass is 10.0. The van der Waals surface area contributed by atoms with Gasteiger partial charge in [0.25, 0.3) is 10.0 Å². The molecule has 1 N–H and O–H groups in total. The summed E-state index contributed by atoms with van der Waals surface area (Å²) in [4.78, 5) is 29.8. The Hall–Kier alpha value is -4.14. The summed E-state index contributed by atoms with van der Waals surface area (Å²) in [6.07, 6.45) is 0.972. The second-order valence-electron chi connectivity index (χ2n) is 10.7. The number of benzene rings is 4. The first kappa shape index (κ1) is 32.8. The quantitative estimate of drug-likeness (QED) is 0.187. The van der Waals surface area contributed by atoms with Crippen molar-refractivity contribution < 1.29 is 18.0 Å². The van der Waals surface area contributed by atoms with Crippen molar-refractivity contribution in [2.45, 2.75) is 51.1 Å². The zero-order valence-corrected chi connectivity index (χ0v) is 26.8. The zero-order chi connectivity index (χ0) is 31.7. The van der Waals surface area contributed by atoms with Gasteiger partial charge >= 0.3 is 0 Å². The van der Waals surface area contributed by atoms with Crippen LogP contribution >= 0.6 is 11.6 Å². The first-order valence-electron chi connectivity index (χ1n) is 14.6. The molecule has 0 saturated heterocycles. The summed E-state index contributed by atoms with van der Waals surface area (Å²) in [7, 11) is -4.16. The minimum absolute atomic E-state index is 0.0580. The normalized spacial score (nSPS) is 11.9. The van der Waals surface area contributed by atoms with E-state index in [1.165, 1.54) is 17.0 Å². The summed E-state index contributed by atoms with van der Waals surface area (Å²) in [5.41, 5.74) is 3.62. The average Bonchev–Trinajstić information content (AvgIpc) is 3.02. The molecular formula is C35H38ClN3O4S. The van der Waals surface area contributed by atoms with Gasteiger partial charge in [0.05, 0.1) is 10.6 Å². The lowest BCUT2D eigenvalue weighted by Gasteiger charge is -2.34. The number of halogens is 1. The van der Waals surface area contributed by atoms with Gasteiger partial charge in [0, 0.05) is 24.5 Å². The van der Waals surface area contributed by atoms with E-state index in [0.29, 0.717) is 17.3 Å². The summed E-state index contributed by atoms with van der Waals surface area (Å²) >= 11 is 6.30. The van der Waals surface area contributed by atoms with E-state index in [2.05, 4.69) is 5.32 Å². The van der Waals surface area contributed by atoms with E-state index < -0.39 is 28.5 Å². The molecule has 0 radical (unpaired) electrons. The van der Waals surface area contributed by atoms with Gasteiger partial charge in [-0.15, -0.1) is 0 Å². The van der Waals surface area contributed by atoms with Crippen molar-refractivity contribution in [2.75, 3.05) is 17.4 Å². The molecule has 0 fully saturated rings. The third-order valence-corrected chi connectivity index (χ3v) is 9.53. The first-order valence-corrected chi connectivity index (χ1v) is 16.4. The van der Waals surface area contributed by atoms with Gasteiger partial charge in [-0.3, -0.25) is 13.9 Å². The van der Waals surface area contributed by atoms with Crippen molar-refractivity contribution in [3.05, 3.63) is 130 Å². The van der Waals surface area contributed by atoms with Crippen LogP contribution in [0.25, 0.3) is 0 Å². The molecule has 2 amide bonds. The van der Waals surface area contributed by atoms with Gasteiger partial charge in [0.2, 0.25) is 11.8 Å². The maximum Gasteiger partial charge on any atom is 0.264 e. The smallest absolute Gasteiger partial charge is 0.264 e. The van der Waals surface area contributed by atoms with E-state index in [-0.39, 0.29) is 23.8 Å². The van der Waals surface area contributed by atoms with Gasteiger partial charge in [0.1, 0.15) is 12.6 Å². The minimum Gasteiger partial charge on any atom is -0.354 e. The molecule has 0 aromatic heterocycles. The zero-order valence-electron chi connectivity index (χ0n) is 25.2. The minimum atomic E-state index is -4.16. The van der Waals surface area contributed by atoms with Crippen LogP contribution in [0.4, 0.5) is 5.69 Å². The summed E-state index contributed by atoms with van der Waals surface area (Å²) in [6.45, 7) is 5.69. The molecule has 4 aromatic carbocycles. The van der Waals surface area contributed by atoms with E-state index in [4.69, 9.17) is 11.6 Å². The second-order valence-corrected chi connectivity index (χ2v) is 13.0. The molecule has 0 heterocycles. The number of carbonyl (C=O) groups is 2. The third-order valence-electron chi connectivity index (χ3n) is 7.52. The van der Waals surface area contributed by atoms with E-state index in [1.54, 1.807) is 48.5 Å². The van der Waals surface area contributed by atoms with Gasteiger partial charge < -0.3 is 10.2 Å². The third kappa shape index (κ3) is 8.07. The van der Waals surface area contributed by atoms with E-state index in [0.717, 1.165) is 33.0 Å². The molecule has 0 aliphatic carbocycles. The van der Waals surface area contributed by atoms with Gasteiger partial charge in [-0.2, -0.15) is 0 Å². The van der Waals surface area contributed by atoms with Crippen LogP contribution in [0, 0.1) is 13.8 Å². The standard InChI is InChI=1S/C35H38ClN3O4S/c1-4-21-37-35(41)33(23-28-14-7-5-8-15-28)38(24-29-16-12-17-30(36)22-29)34(40)25-39(32-20-11-13-26(2)27(32)3)44(42,43)31-18-9-6-10-19-31/h5-20,22,33H,4,21,23-25H2,1-3H3,(H,37,41)/t33-/m1/s1. The summed E-state index contributed by atoms with van der Waals surface area (Å²) in [5, 5.41) is 3.45. The Morgan fingerprint density at radius 3 is 2.14 bits per heavy atom. The Balaban J connectivity index is 1.82. The second kappa shape index (κ2) is 15.0. The fourth-order valence-corrected chi connectivity index (χ4v) is 6.70. The fraction of sp³-hybridized carbons (Fsp3) is 0.257. The summed E-state index contributed by atoms with van der Waals surface area (Å²) in [6, 6.07) is 29.1. The van der Waals surface area contributed by atoms with Crippen LogP contribution in [-0.4, -0.2) is 44.3 Å². The van der Waals surface area contributed by atoms with Gasteiger partial charge in [-0.05, 0) is 72.9 Å². The highest BCUT2D eigenvalue weighted by Gasteiger charge is 2.35. The topological polar surface area (TPSA) is 86.8 Å². The number of hydrogen-bond donors (Lipinski definition) is 1. The van der Waals surface area contributed by atoms with Crippen LogP contribution < -0.4 is 9.62 Å². The highest BCUT2D eigenvalue weighted by Crippen LogP contribution is 2.29. The van der Waals surface area contributed by atoms with Crippen molar-refractivity contribution in [3.8, 4) is 0 Å². The van der Waals surface area contributed by atoms with Gasteiger partial charge in [-0.1, -0.05) is 91.3 Å².